The van der Waals surface area contributed by atoms with E-state index in [1.54, 1.807) is 26.1 Å². The van der Waals surface area contributed by atoms with Crippen LogP contribution in [0.25, 0.3) is 0 Å². The number of hydrogen-bond donors (Lipinski definition) is 3. The van der Waals surface area contributed by atoms with Crippen molar-refractivity contribution >= 4 is 11.7 Å². The second-order valence-electron chi connectivity index (χ2n) is 3.77. The lowest BCUT2D eigenvalue weighted by Gasteiger charge is -2.03. The molecule has 0 atom stereocenters. The Morgan fingerprint density at radius 2 is 2.12 bits per heavy atom. The van der Waals surface area contributed by atoms with Gasteiger partial charge in [-0.1, -0.05) is 0 Å². The molecule has 1 amide bonds. The molecule has 0 aliphatic carbocycles. The van der Waals surface area contributed by atoms with E-state index in [0.29, 0.717) is 11.5 Å². The Morgan fingerprint density at radius 1 is 1.35 bits per heavy atom. The molecule has 88 valence electrons. The van der Waals surface area contributed by atoms with Crippen LogP contribution >= 0.6 is 0 Å². The third-order valence-corrected chi connectivity index (χ3v) is 2.37. The maximum atomic E-state index is 11.8. The fraction of sp³-hybridized carbons (Fsp3) is 0.182. The van der Waals surface area contributed by atoms with Crippen molar-refractivity contribution in [2.75, 3.05) is 5.32 Å². The van der Waals surface area contributed by atoms with E-state index in [1.165, 1.54) is 6.07 Å². The van der Waals surface area contributed by atoms with Gasteiger partial charge < -0.3 is 10.3 Å². The smallest absolute Gasteiger partial charge is 0.262 e. The average Bonchev–Trinajstić information content (AvgIpc) is 2.64. The van der Waals surface area contributed by atoms with Crippen molar-refractivity contribution in [2.24, 2.45) is 0 Å². The van der Waals surface area contributed by atoms with Crippen molar-refractivity contribution < 1.29 is 4.79 Å². The third kappa shape index (κ3) is 2.25. The van der Waals surface area contributed by atoms with Gasteiger partial charge in [0.15, 0.2) is 0 Å². The summed E-state index contributed by atoms with van der Waals surface area (Å²) in [5.41, 5.74) is 1.19. The van der Waals surface area contributed by atoms with Gasteiger partial charge in [-0.25, -0.2) is 0 Å². The first-order valence-corrected chi connectivity index (χ1v) is 5.09. The van der Waals surface area contributed by atoms with Gasteiger partial charge >= 0.3 is 0 Å². The molecule has 2 heterocycles. The topological polar surface area (TPSA) is 90.6 Å². The first kappa shape index (κ1) is 11.1. The zero-order chi connectivity index (χ0) is 12.4. The van der Waals surface area contributed by atoms with Crippen LogP contribution in [0.2, 0.25) is 0 Å². The molecule has 0 bridgehead atoms. The zero-order valence-electron chi connectivity index (χ0n) is 9.50. The van der Waals surface area contributed by atoms with Crippen LogP contribution in [0.3, 0.4) is 0 Å². The molecule has 0 aliphatic rings. The summed E-state index contributed by atoms with van der Waals surface area (Å²) >= 11 is 0. The molecular weight excluding hydrogens is 220 g/mol. The van der Waals surface area contributed by atoms with Gasteiger partial charge in [0.1, 0.15) is 11.4 Å². The summed E-state index contributed by atoms with van der Waals surface area (Å²) in [7, 11) is 0. The summed E-state index contributed by atoms with van der Waals surface area (Å²) in [6.45, 7) is 3.56. The second kappa shape index (κ2) is 4.25. The van der Waals surface area contributed by atoms with E-state index >= 15 is 0 Å². The molecule has 0 saturated carbocycles. The van der Waals surface area contributed by atoms with E-state index in [1.807, 2.05) is 0 Å². The summed E-state index contributed by atoms with van der Waals surface area (Å²) in [4.78, 5) is 25.9. The SMILES string of the molecule is Cc1ccc(C(=O)Nc2[nH]ncc2C)c(=O)[nH]1. The number of H-pyrrole nitrogens is 2. The van der Waals surface area contributed by atoms with Gasteiger partial charge in [-0.2, -0.15) is 5.10 Å². The molecule has 0 unspecified atom stereocenters. The fourth-order valence-corrected chi connectivity index (χ4v) is 1.40. The van der Waals surface area contributed by atoms with Gasteiger partial charge in [0.2, 0.25) is 0 Å². The van der Waals surface area contributed by atoms with Crippen molar-refractivity contribution in [3.63, 3.8) is 0 Å². The lowest BCUT2D eigenvalue weighted by atomic mass is 10.2. The number of hydrogen-bond acceptors (Lipinski definition) is 3. The van der Waals surface area contributed by atoms with E-state index in [0.717, 1.165) is 5.56 Å². The van der Waals surface area contributed by atoms with Crippen LogP contribution in [0.4, 0.5) is 5.82 Å². The molecule has 2 aromatic heterocycles. The van der Waals surface area contributed by atoms with Gasteiger partial charge in [-0.05, 0) is 26.0 Å². The minimum Gasteiger partial charge on any atom is -0.326 e. The molecule has 0 aliphatic heterocycles. The normalized spacial score (nSPS) is 10.2. The van der Waals surface area contributed by atoms with Crippen LogP contribution in [0.5, 0.6) is 0 Å². The van der Waals surface area contributed by atoms with Crippen LogP contribution in [0, 0.1) is 13.8 Å². The number of carbonyl (C=O) groups is 1. The first-order chi connectivity index (χ1) is 8.08. The molecule has 0 aromatic carbocycles. The third-order valence-electron chi connectivity index (χ3n) is 2.37. The van der Waals surface area contributed by atoms with Crippen LogP contribution in [-0.2, 0) is 0 Å². The number of anilines is 1. The summed E-state index contributed by atoms with van der Waals surface area (Å²) in [6.07, 6.45) is 1.59. The second-order valence-corrected chi connectivity index (χ2v) is 3.77. The lowest BCUT2D eigenvalue weighted by Crippen LogP contribution is -2.23. The highest BCUT2D eigenvalue weighted by atomic mass is 16.2. The highest BCUT2D eigenvalue weighted by Crippen LogP contribution is 2.09. The van der Waals surface area contributed by atoms with Crippen LogP contribution in [0.15, 0.2) is 23.1 Å². The summed E-state index contributed by atoms with van der Waals surface area (Å²) in [5.74, 6) is 0.0357. The molecule has 2 aromatic rings. The van der Waals surface area contributed by atoms with Crippen molar-refractivity contribution in [1.29, 1.82) is 0 Å². The highest BCUT2D eigenvalue weighted by molar-refractivity contribution is 6.03. The van der Waals surface area contributed by atoms with Crippen molar-refractivity contribution in [2.45, 2.75) is 13.8 Å². The van der Waals surface area contributed by atoms with E-state index in [4.69, 9.17) is 0 Å². The van der Waals surface area contributed by atoms with Crippen LogP contribution in [0.1, 0.15) is 21.6 Å². The van der Waals surface area contributed by atoms with Gasteiger partial charge in [-0.15, -0.1) is 0 Å². The predicted molar refractivity (Wildman–Crippen MR) is 63.1 cm³/mol. The van der Waals surface area contributed by atoms with Gasteiger partial charge in [0.25, 0.3) is 11.5 Å². The van der Waals surface area contributed by atoms with Gasteiger partial charge in [0, 0.05) is 11.3 Å². The number of nitrogens with zero attached hydrogens (tertiary/aromatic N) is 1. The fourth-order valence-electron chi connectivity index (χ4n) is 1.40. The van der Waals surface area contributed by atoms with Crippen molar-refractivity contribution in [1.82, 2.24) is 15.2 Å². The van der Waals surface area contributed by atoms with Crippen LogP contribution < -0.4 is 10.9 Å². The minimum absolute atomic E-state index is 0.0737. The number of aromatic amines is 2. The monoisotopic (exact) mass is 232 g/mol. The summed E-state index contributed by atoms with van der Waals surface area (Å²) in [5, 5.41) is 9.01. The molecule has 0 spiro atoms. The maximum Gasteiger partial charge on any atom is 0.262 e. The first-order valence-electron chi connectivity index (χ1n) is 5.09. The van der Waals surface area contributed by atoms with E-state index in [9.17, 15) is 9.59 Å². The number of aryl methyl sites for hydroxylation is 2. The van der Waals surface area contributed by atoms with Crippen LogP contribution in [-0.4, -0.2) is 21.1 Å². The van der Waals surface area contributed by atoms with E-state index in [-0.39, 0.29) is 5.56 Å². The molecule has 0 saturated heterocycles. The quantitative estimate of drug-likeness (QED) is 0.720. The Balaban J connectivity index is 2.27. The van der Waals surface area contributed by atoms with E-state index in [2.05, 4.69) is 20.5 Å². The van der Waals surface area contributed by atoms with Gasteiger partial charge in [-0.3, -0.25) is 14.7 Å². The molecular formula is C11H12N4O2. The van der Waals surface area contributed by atoms with Gasteiger partial charge in [0.05, 0.1) is 6.20 Å². The Kier molecular flexibility index (Phi) is 2.78. The Bertz CT molecular complexity index is 612. The Morgan fingerprint density at radius 3 is 2.71 bits per heavy atom. The number of amides is 1. The van der Waals surface area contributed by atoms with E-state index < -0.39 is 11.5 Å². The molecule has 2 rings (SSSR count). The molecule has 0 fully saturated rings. The number of pyridine rings is 1. The highest BCUT2D eigenvalue weighted by Gasteiger charge is 2.12. The number of aromatic nitrogens is 3. The molecule has 6 heteroatoms. The number of nitrogens with one attached hydrogen (secondary N) is 3. The standard InChI is InChI=1S/C11H12N4O2/c1-6-5-12-15-9(6)14-11(17)8-4-3-7(2)13-10(8)16/h3-5H,1-2H3,(H,13,16)(H2,12,14,15,17). The molecule has 17 heavy (non-hydrogen) atoms. The Labute approximate surface area is 97.1 Å². The molecule has 3 N–H and O–H groups in total. The maximum absolute atomic E-state index is 11.8. The largest absolute Gasteiger partial charge is 0.326 e. The number of carbonyl (C=O) groups excluding carboxylic acids is 1. The lowest BCUT2D eigenvalue weighted by molar-refractivity contribution is 0.102. The molecule has 6 nitrogen and oxygen atoms in total. The summed E-state index contributed by atoms with van der Waals surface area (Å²) in [6, 6.07) is 3.17. The average molecular weight is 232 g/mol. The van der Waals surface area contributed by atoms with Crippen molar-refractivity contribution in [3.8, 4) is 0 Å². The van der Waals surface area contributed by atoms with Crippen molar-refractivity contribution in [3.05, 3.63) is 45.5 Å². The zero-order valence-corrected chi connectivity index (χ0v) is 9.50. The minimum atomic E-state index is -0.460. The summed E-state index contributed by atoms with van der Waals surface area (Å²) < 4.78 is 0. The molecule has 0 radical (unpaired) electrons. The predicted octanol–water partition coefficient (Wildman–Crippen LogP) is 0.967. The Hall–Kier alpha value is -2.37. The number of rotatable bonds is 2.